The van der Waals surface area contributed by atoms with Crippen LogP contribution in [0, 0.1) is 0 Å². The summed E-state index contributed by atoms with van der Waals surface area (Å²) in [6.07, 6.45) is 4.49. The molecule has 2 aliphatic heterocycles. The van der Waals surface area contributed by atoms with Crippen LogP contribution >= 0.6 is 23.1 Å². The molecule has 4 heterocycles. The maximum absolute atomic E-state index is 6.16. The van der Waals surface area contributed by atoms with E-state index in [1.165, 1.54) is 15.8 Å². The van der Waals surface area contributed by atoms with Gasteiger partial charge in [-0.3, -0.25) is 0 Å². The molecular weight excluding hydrogens is 378 g/mol. The zero-order valence-electron chi connectivity index (χ0n) is 16.6. The fourth-order valence-electron chi connectivity index (χ4n) is 3.69. The van der Waals surface area contributed by atoms with Crippen LogP contribution in [0.5, 0.6) is 0 Å². The van der Waals surface area contributed by atoms with Crippen LogP contribution < -0.4 is 5.32 Å². The monoisotopic (exact) mass is 407 g/mol. The van der Waals surface area contributed by atoms with Gasteiger partial charge >= 0.3 is 0 Å². The second kappa shape index (κ2) is 7.85. The molecule has 2 aliphatic rings. The van der Waals surface area contributed by atoms with Crippen molar-refractivity contribution in [1.29, 1.82) is 0 Å². The number of ether oxygens (including phenoxy) is 2. The van der Waals surface area contributed by atoms with Crippen molar-refractivity contribution < 1.29 is 9.47 Å². The number of hydrogen-bond donors (Lipinski definition) is 1. The van der Waals surface area contributed by atoms with E-state index in [1.54, 1.807) is 23.1 Å². The second-order valence-electron chi connectivity index (χ2n) is 7.99. The zero-order valence-corrected chi connectivity index (χ0v) is 18.3. The van der Waals surface area contributed by atoms with E-state index in [4.69, 9.17) is 19.4 Å². The standard InChI is InChI=1S/C20H29N3O2S2/c1-5-20(4)9-14-15(11-25-20)27-18-16(14)17(21-10-13-7-6-8-24-13)22-19(23-18)26-12(2)3/h12-13H,5-11H2,1-4H3,(H,21,22,23)/t13-,20+/m0/s1. The van der Waals surface area contributed by atoms with E-state index in [1.807, 2.05) is 0 Å². The molecule has 4 rings (SSSR count). The molecule has 5 nitrogen and oxygen atoms in total. The largest absolute Gasteiger partial charge is 0.376 e. The van der Waals surface area contributed by atoms with Crippen LogP contribution in [0.15, 0.2) is 5.16 Å². The molecule has 0 spiro atoms. The van der Waals surface area contributed by atoms with E-state index in [0.717, 1.165) is 54.6 Å². The van der Waals surface area contributed by atoms with Gasteiger partial charge in [-0.15, -0.1) is 11.3 Å². The summed E-state index contributed by atoms with van der Waals surface area (Å²) < 4.78 is 12.0. The first-order chi connectivity index (χ1) is 13.0. The van der Waals surface area contributed by atoms with E-state index in [-0.39, 0.29) is 11.7 Å². The van der Waals surface area contributed by atoms with Gasteiger partial charge in [0.1, 0.15) is 10.6 Å². The number of hydrogen-bond acceptors (Lipinski definition) is 7. The van der Waals surface area contributed by atoms with E-state index in [2.05, 4.69) is 33.0 Å². The summed E-state index contributed by atoms with van der Waals surface area (Å²) in [7, 11) is 0. The molecule has 2 aromatic rings. The Kier molecular flexibility index (Phi) is 5.65. The highest BCUT2D eigenvalue weighted by Gasteiger charge is 2.33. The zero-order chi connectivity index (χ0) is 19.0. The summed E-state index contributed by atoms with van der Waals surface area (Å²) in [4.78, 5) is 12.2. The average Bonchev–Trinajstić information content (AvgIpc) is 3.26. The van der Waals surface area contributed by atoms with Crippen molar-refractivity contribution in [1.82, 2.24) is 9.97 Å². The summed E-state index contributed by atoms with van der Waals surface area (Å²) in [5.74, 6) is 0.969. The molecule has 0 unspecified atom stereocenters. The van der Waals surface area contributed by atoms with Crippen molar-refractivity contribution in [2.75, 3.05) is 18.5 Å². The number of aromatic nitrogens is 2. The normalized spacial score (nSPS) is 25.3. The first kappa shape index (κ1) is 19.4. The van der Waals surface area contributed by atoms with Crippen LogP contribution in [0.3, 0.4) is 0 Å². The minimum absolute atomic E-state index is 0.0990. The summed E-state index contributed by atoms with van der Waals surface area (Å²) in [5.41, 5.74) is 1.28. The Morgan fingerprint density at radius 1 is 1.37 bits per heavy atom. The molecule has 7 heteroatoms. The highest BCUT2D eigenvalue weighted by molar-refractivity contribution is 7.99. The lowest BCUT2D eigenvalue weighted by Crippen LogP contribution is -2.34. The van der Waals surface area contributed by atoms with Gasteiger partial charge in [0, 0.05) is 29.7 Å². The molecule has 0 amide bonds. The van der Waals surface area contributed by atoms with Crippen molar-refractivity contribution in [2.24, 2.45) is 0 Å². The van der Waals surface area contributed by atoms with Gasteiger partial charge in [0.25, 0.3) is 0 Å². The van der Waals surface area contributed by atoms with Crippen LogP contribution in [0.1, 0.15) is 57.4 Å². The smallest absolute Gasteiger partial charge is 0.191 e. The van der Waals surface area contributed by atoms with Gasteiger partial charge in [-0.05, 0) is 31.7 Å². The Labute approximate surface area is 169 Å². The lowest BCUT2D eigenvalue weighted by molar-refractivity contribution is -0.0542. The van der Waals surface area contributed by atoms with Gasteiger partial charge in [-0.25, -0.2) is 9.97 Å². The molecule has 0 radical (unpaired) electrons. The van der Waals surface area contributed by atoms with Gasteiger partial charge in [0.15, 0.2) is 5.16 Å². The third kappa shape index (κ3) is 4.11. The highest BCUT2D eigenvalue weighted by Crippen LogP contribution is 2.42. The molecule has 0 aromatic carbocycles. The Morgan fingerprint density at radius 3 is 2.93 bits per heavy atom. The summed E-state index contributed by atoms with van der Waals surface area (Å²) in [6.45, 7) is 11.1. The minimum atomic E-state index is -0.0990. The molecule has 2 aromatic heterocycles. The molecule has 1 N–H and O–H groups in total. The van der Waals surface area contributed by atoms with E-state index < -0.39 is 0 Å². The third-order valence-corrected chi connectivity index (χ3v) is 7.39. The van der Waals surface area contributed by atoms with Crippen molar-refractivity contribution in [2.45, 2.75) is 82.1 Å². The lowest BCUT2D eigenvalue weighted by atomic mass is 9.90. The number of thiophene rings is 1. The Hall–Kier alpha value is -0.890. The van der Waals surface area contributed by atoms with Crippen LogP contribution in [0.4, 0.5) is 5.82 Å². The van der Waals surface area contributed by atoms with Gasteiger partial charge in [0.05, 0.1) is 23.7 Å². The fraction of sp³-hybridized carbons (Fsp3) is 0.700. The minimum Gasteiger partial charge on any atom is -0.376 e. The van der Waals surface area contributed by atoms with E-state index in [0.29, 0.717) is 11.9 Å². The van der Waals surface area contributed by atoms with Crippen LogP contribution in [0.25, 0.3) is 10.2 Å². The van der Waals surface area contributed by atoms with E-state index in [9.17, 15) is 0 Å². The number of rotatable bonds is 6. The number of fused-ring (bicyclic) bond motifs is 3. The van der Waals surface area contributed by atoms with Crippen molar-refractivity contribution in [3.63, 3.8) is 0 Å². The van der Waals surface area contributed by atoms with Crippen LogP contribution in [0.2, 0.25) is 0 Å². The van der Waals surface area contributed by atoms with Crippen molar-refractivity contribution in [3.05, 3.63) is 10.4 Å². The number of anilines is 1. The second-order valence-corrected chi connectivity index (χ2v) is 10.6. The summed E-state index contributed by atoms with van der Waals surface area (Å²) >= 11 is 3.48. The average molecular weight is 408 g/mol. The van der Waals surface area contributed by atoms with Crippen molar-refractivity contribution in [3.8, 4) is 0 Å². The molecule has 0 aliphatic carbocycles. The SMILES string of the molecule is CC[C@]1(C)Cc2c(sc3nc(SC(C)C)nc(NC[C@@H]4CCCO4)c23)CO1. The molecule has 148 valence electrons. The molecule has 2 atom stereocenters. The maximum Gasteiger partial charge on any atom is 0.191 e. The third-order valence-electron chi connectivity index (χ3n) is 5.43. The molecule has 0 saturated carbocycles. The van der Waals surface area contributed by atoms with Gasteiger partial charge in [-0.2, -0.15) is 0 Å². The number of nitrogens with zero attached hydrogens (tertiary/aromatic N) is 2. The first-order valence-electron chi connectivity index (χ1n) is 9.96. The van der Waals surface area contributed by atoms with Crippen LogP contribution in [-0.4, -0.2) is 40.1 Å². The van der Waals surface area contributed by atoms with E-state index >= 15 is 0 Å². The molecular formula is C20H29N3O2S2. The highest BCUT2D eigenvalue weighted by atomic mass is 32.2. The quantitative estimate of drug-likeness (QED) is 0.536. The summed E-state index contributed by atoms with van der Waals surface area (Å²) in [6, 6.07) is 0. The molecule has 1 saturated heterocycles. The topological polar surface area (TPSA) is 56.3 Å². The Morgan fingerprint density at radius 2 is 2.22 bits per heavy atom. The molecule has 1 fully saturated rings. The van der Waals surface area contributed by atoms with Crippen LogP contribution in [-0.2, 0) is 22.5 Å². The van der Waals surface area contributed by atoms with Gasteiger partial charge in [-0.1, -0.05) is 32.5 Å². The maximum atomic E-state index is 6.16. The number of nitrogens with one attached hydrogen (secondary N) is 1. The number of thioether (sulfide) groups is 1. The predicted molar refractivity (Wildman–Crippen MR) is 113 cm³/mol. The van der Waals surface area contributed by atoms with Gasteiger partial charge < -0.3 is 14.8 Å². The fourth-order valence-corrected chi connectivity index (χ4v) is 5.56. The summed E-state index contributed by atoms with van der Waals surface area (Å²) in [5, 5.41) is 6.10. The molecule has 27 heavy (non-hydrogen) atoms. The molecule has 0 bridgehead atoms. The Balaban J connectivity index is 1.73. The first-order valence-corrected chi connectivity index (χ1v) is 11.7. The lowest BCUT2D eigenvalue weighted by Gasteiger charge is -2.33. The van der Waals surface area contributed by atoms with Gasteiger partial charge in [0.2, 0.25) is 0 Å². The predicted octanol–water partition coefficient (Wildman–Crippen LogP) is 5.02. The van der Waals surface area contributed by atoms with Crippen molar-refractivity contribution >= 4 is 39.1 Å². The Bertz CT molecular complexity index is 817.